The van der Waals surface area contributed by atoms with E-state index in [1.54, 1.807) is 66.7 Å². The Morgan fingerprint density at radius 3 is 2.14 bits per heavy atom. The summed E-state index contributed by atoms with van der Waals surface area (Å²) >= 11 is 0. The van der Waals surface area contributed by atoms with Crippen LogP contribution in [0.2, 0.25) is 0 Å². The Labute approximate surface area is 332 Å². The van der Waals surface area contributed by atoms with E-state index in [2.05, 4.69) is 5.32 Å². The minimum absolute atomic E-state index is 0.0828. The van der Waals surface area contributed by atoms with Crippen LogP contribution in [0.25, 0.3) is 0 Å². The van der Waals surface area contributed by atoms with Crippen molar-refractivity contribution in [3.05, 3.63) is 47.0 Å². The summed E-state index contributed by atoms with van der Waals surface area (Å²) < 4.78 is 35.5. The predicted octanol–water partition coefficient (Wildman–Crippen LogP) is 2.66. The average molecular weight is 804 g/mol. The zero-order chi connectivity index (χ0) is 42.6. The molecule has 0 radical (unpaired) electrons. The summed E-state index contributed by atoms with van der Waals surface area (Å²) in [6.07, 6.45) is -12.4. The van der Waals surface area contributed by atoms with Crippen LogP contribution >= 0.6 is 0 Å². The number of carbonyl (C=O) groups excluding carboxylic acids is 5. The SMILES string of the molecule is CC[C@H](NC(=O)OC(C)(C)C)[C@@H](O)C(=O)O[C@H]1C[C@@]2(O)[C@@H](OC(=O)c3ccccc3)[C@@H]3[C@]4(OC(C)=O)CO[C@@H]4C[C@H](O)[C@@]3(C)[C@@H](O)[C@H](OC(C)=O)C(=C1C)C2(C)C. The van der Waals surface area contributed by atoms with Gasteiger partial charge in [-0.1, -0.05) is 45.9 Å². The van der Waals surface area contributed by atoms with Gasteiger partial charge in [0.25, 0.3) is 0 Å². The Morgan fingerprint density at radius 1 is 0.982 bits per heavy atom. The zero-order valence-corrected chi connectivity index (χ0v) is 34.2. The standard InChI is InChI=1S/C41H57NO15/c1-11-24(42-36(50)57-37(5,6)7)29(46)35(49)54-25-18-41(51)33(55-34(48)23-15-13-12-14-16-23)31-39(10,26(45)17-27-40(31,19-52-27)56-22(4)44)32(47)30(53-21(3)43)28(20(25)2)38(41,8)9/h12-16,24-27,29-33,45-47,51H,11,17-19H2,1-10H3,(H,42,50)/t24-,25-,26-,27+,29+,30+,31-,32-,33-,39+,40-,41+/m0/s1. The van der Waals surface area contributed by atoms with E-state index < -0.39 is 119 Å². The minimum atomic E-state index is -2.32. The van der Waals surface area contributed by atoms with E-state index in [9.17, 15) is 44.4 Å². The van der Waals surface area contributed by atoms with E-state index in [0.29, 0.717) is 0 Å². The largest absolute Gasteiger partial charge is 0.456 e. The number of nitrogens with one attached hydrogen (secondary N) is 1. The topological polar surface area (TPSA) is 234 Å². The number of fused-ring (bicyclic) bond motifs is 5. The van der Waals surface area contributed by atoms with Crippen molar-refractivity contribution in [1.29, 1.82) is 0 Å². The van der Waals surface area contributed by atoms with Gasteiger partial charge < -0.3 is 54.2 Å². The Hall–Kier alpha value is -4.09. The lowest BCUT2D eigenvalue weighted by Gasteiger charge is -2.69. The minimum Gasteiger partial charge on any atom is -0.456 e. The highest BCUT2D eigenvalue weighted by Crippen LogP contribution is 2.65. The Morgan fingerprint density at radius 2 is 1.61 bits per heavy atom. The fourth-order valence-corrected chi connectivity index (χ4v) is 9.50. The second-order valence-corrected chi connectivity index (χ2v) is 17.5. The van der Waals surface area contributed by atoms with Crippen molar-refractivity contribution >= 4 is 30.0 Å². The van der Waals surface area contributed by atoms with Crippen molar-refractivity contribution in [3.63, 3.8) is 0 Å². The maximum atomic E-state index is 14.2. The maximum absolute atomic E-state index is 14.2. The Balaban J connectivity index is 1.72. The Bertz CT molecular complexity index is 1770. The van der Waals surface area contributed by atoms with Gasteiger partial charge in [0.2, 0.25) is 0 Å². The molecule has 2 saturated carbocycles. The molecule has 316 valence electrons. The number of alkyl carbamates (subject to hydrolysis) is 1. The maximum Gasteiger partial charge on any atom is 0.407 e. The first-order chi connectivity index (χ1) is 26.3. The van der Waals surface area contributed by atoms with Crippen LogP contribution in [-0.2, 0) is 42.8 Å². The highest BCUT2D eigenvalue weighted by Gasteiger charge is 2.78. The van der Waals surface area contributed by atoms with Gasteiger partial charge in [0.1, 0.15) is 35.6 Å². The number of amides is 1. The fraction of sp³-hybridized carbons (Fsp3) is 0.683. The highest BCUT2D eigenvalue weighted by molar-refractivity contribution is 5.89. The summed E-state index contributed by atoms with van der Waals surface area (Å²) in [5, 5.41) is 52.0. The molecule has 1 aromatic carbocycles. The molecular weight excluding hydrogens is 746 g/mol. The number of carbonyl (C=O) groups is 5. The molecular formula is C41H57NO15. The van der Waals surface area contributed by atoms with Crippen molar-refractivity contribution in [3.8, 4) is 0 Å². The summed E-state index contributed by atoms with van der Waals surface area (Å²) in [5.41, 5.74) is -7.87. The third-order valence-corrected chi connectivity index (χ3v) is 12.4. The van der Waals surface area contributed by atoms with Gasteiger partial charge in [-0.2, -0.15) is 0 Å². The van der Waals surface area contributed by atoms with Gasteiger partial charge in [0, 0.05) is 37.5 Å². The van der Waals surface area contributed by atoms with Gasteiger partial charge in [0.05, 0.1) is 30.2 Å². The van der Waals surface area contributed by atoms with Gasteiger partial charge in [-0.3, -0.25) is 9.59 Å². The summed E-state index contributed by atoms with van der Waals surface area (Å²) in [4.78, 5) is 66.4. The molecule has 1 aliphatic heterocycles. The number of ether oxygens (including phenoxy) is 6. The third kappa shape index (κ3) is 7.66. The van der Waals surface area contributed by atoms with Crippen LogP contribution in [0.15, 0.2) is 41.5 Å². The normalized spacial score (nSPS) is 35.3. The van der Waals surface area contributed by atoms with Gasteiger partial charge >= 0.3 is 30.0 Å². The molecule has 3 fully saturated rings. The van der Waals surface area contributed by atoms with Crippen molar-refractivity contribution in [2.75, 3.05) is 6.61 Å². The van der Waals surface area contributed by atoms with E-state index in [1.165, 1.54) is 26.0 Å². The van der Waals surface area contributed by atoms with Crippen molar-refractivity contribution in [1.82, 2.24) is 5.32 Å². The number of esters is 4. The molecule has 1 aromatic rings. The molecule has 0 unspecified atom stereocenters. The monoisotopic (exact) mass is 803 g/mol. The van der Waals surface area contributed by atoms with Gasteiger partial charge in [-0.05, 0) is 57.4 Å². The van der Waals surface area contributed by atoms with E-state index >= 15 is 0 Å². The molecule has 12 atom stereocenters. The Kier molecular flexibility index (Phi) is 12.0. The summed E-state index contributed by atoms with van der Waals surface area (Å²) in [6.45, 7) is 14.9. The number of hydrogen-bond donors (Lipinski definition) is 5. The van der Waals surface area contributed by atoms with E-state index in [-0.39, 0.29) is 36.2 Å². The molecule has 5 rings (SSSR count). The first-order valence-electron chi connectivity index (χ1n) is 19.3. The summed E-state index contributed by atoms with van der Waals surface area (Å²) in [6, 6.07) is 6.74. The smallest absolute Gasteiger partial charge is 0.407 e. The van der Waals surface area contributed by atoms with E-state index in [4.69, 9.17) is 28.4 Å². The van der Waals surface area contributed by atoms with Crippen molar-refractivity contribution < 1.29 is 72.8 Å². The average Bonchev–Trinajstić information content (AvgIpc) is 3.10. The van der Waals surface area contributed by atoms with E-state index in [1.807, 2.05) is 0 Å². The summed E-state index contributed by atoms with van der Waals surface area (Å²) in [7, 11) is 0. The molecule has 2 bridgehead atoms. The molecule has 3 aliphatic carbocycles. The molecule has 1 heterocycles. The molecule has 1 saturated heterocycles. The number of rotatable bonds is 9. The number of aliphatic hydroxyl groups is 4. The highest BCUT2D eigenvalue weighted by atomic mass is 16.6. The van der Waals surface area contributed by atoms with Gasteiger partial charge in [0.15, 0.2) is 17.8 Å². The van der Waals surface area contributed by atoms with E-state index in [0.717, 1.165) is 6.92 Å². The molecule has 5 N–H and O–H groups in total. The van der Waals surface area contributed by atoms with Crippen LogP contribution in [0.1, 0.15) is 98.9 Å². The van der Waals surface area contributed by atoms with Gasteiger partial charge in [-0.15, -0.1) is 0 Å². The first kappa shape index (κ1) is 44.0. The zero-order valence-electron chi connectivity index (χ0n) is 34.2. The fourth-order valence-electron chi connectivity index (χ4n) is 9.50. The molecule has 57 heavy (non-hydrogen) atoms. The lowest BCUT2D eigenvalue weighted by atomic mass is 9.44. The molecule has 0 spiro atoms. The number of aliphatic hydroxyl groups excluding tert-OH is 3. The molecule has 16 heteroatoms. The molecule has 4 aliphatic rings. The summed E-state index contributed by atoms with van der Waals surface area (Å²) in [5.74, 6) is -5.11. The van der Waals surface area contributed by atoms with Gasteiger partial charge in [-0.25, -0.2) is 14.4 Å². The number of benzene rings is 1. The van der Waals surface area contributed by atoms with Crippen molar-refractivity contribution in [2.45, 2.75) is 154 Å². The van der Waals surface area contributed by atoms with Crippen LogP contribution in [0.4, 0.5) is 4.79 Å². The second-order valence-electron chi connectivity index (χ2n) is 17.5. The molecule has 16 nitrogen and oxygen atoms in total. The van der Waals surface area contributed by atoms with Crippen LogP contribution in [-0.4, -0.2) is 123 Å². The molecule has 0 aromatic heterocycles. The quantitative estimate of drug-likeness (QED) is 0.137. The lowest BCUT2D eigenvalue weighted by molar-refractivity contribution is -0.365. The van der Waals surface area contributed by atoms with Crippen LogP contribution in [0.5, 0.6) is 0 Å². The van der Waals surface area contributed by atoms with Crippen LogP contribution in [0, 0.1) is 16.7 Å². The van der Waals surface area contributed by atoms with Crippen LogP contribution in [0.3, 0.4) is 0 Å². The lowest BCUT2D eigenvalue weighted by Crippen LogP contribution is -2.82. The second kappa shape index (κ2) is 15.6. The first-order valence-corrected chi connectivity index (χ1v) is 19.3. The molecule has 1 amide bonds. The third-order valence-electron chi connectivity index (χ3n) is 12.4. The predicted molar refractivity (Wildman–Crippen MR) is 199 cm³/mol. The number of hydrogen-bond acceptors (Lipinski definition) is 15. The van der Waals surface area contributed by atoms with Crippen molar-refractivity contribution in [2.24, 2.45) is 16.7 Å². The van der Waals surface area contributed by atoms with Crippen LogP contribution < -0.4 is 5.32 Å².